The van der Waals surface area contributed by atoms with E-state index in [0.29, 0.717) is 35.2 Å². The third-order valence-electron chi connectivity index (χ3n) is 4.89. The van der Waals surface area contributed by atoms with Crippen LogP contribution in [0, 0.1) is 13.8 Å². The van der Waals surface area contributed by atoms with Gasteiger partial charge in [-0.25, -0.2) is 4.68 Å². The second-order valence-electron chi connectivity index (χ2n) is 7.15. The number of aromatic nitrogens is 2. The number of rotatable bonds is 11. The van der Waals surface area contributed by atoms with Gasteiger partial charge in [0.2, 0.25) is 5.91 Å². The Hall–Kier alpha value is -1.52. The van der Waals surface area contributed by atoms with Crippen LogP contribution in [0.5, 0.6) is 5.75 Å². The highest BCUT2D eigenvalue weighted by molar-refractivity contribution is 6.35. The summed E-state index contributed by atoms with van der Waals surface area (Å²) in [4.78, 5) is 12.6. The summed E-state index contributed by atoms with van der Waals surface area (Å²) in [5, 5.41) is 5.52. The average Bonchev–Trinajstić information content (AvgIpc) is 2.94. The molecule has 0 bridgehead atoms. The molecule has 0 spiro atoms. The number of ether oxygens (including phenoxy) is 1. The number of carbonyl (C=O) groups excluding carboxylic acids is 1. The van der Waals surface area contributed by atoms with Gasteiger partial charge >= 0.3 is 0 Å². The van der Waals surface area contributed by atoms with Crippen LogP contribution in [0.3, 0.4) is 0 Å². The maximum absolute atomic E-state index is 12.6. The molecular formula is C22H30Cl2N2O2. The second-order valence-corrected chi connectivity index (χ2v) is 7.99. The summed E-state index contributed by atoms with van der Waals surface area (Å²) >= 11 is 12.0. The van der Waals surface area contributed by atoms with Crippen LogP contribution in [-0.2, 0) is 6.42 Å². The predicted octanol–water partition coefficient (Wildman–Crippen LogP) is 6.82. The first-order valence-electron chi connectivity index (χ1n) is 10.1. The number of halogens is 2. The normalized spacial score (nSPS) is 11.0. The number of hydrogen-bond acceptors (Lipinski definition) is 3. The van der Waals surface area contributed by atoms with Crippen molar-refractivity contribution in [3.63, 3.8) is 0 Å². The molecule has 0 amide bonds. The highest BCUT2D eigenvalue weighted by Crippen LogP contribution is 2.27. The van der Waals surface area contributed by atoms with Crippen molar-refractivity contribution < 1.29 is 9.53 Å². The van der Waals surface area contributed by atoms with Crippen molar-refractivity contribution in [2.24, 2.45) is 0 Å². The van der Waals surface area contributed by atoms with E-state index in [-0.39, 0.29) is 5.91 Å². The zero-order chi connectivity index (χ0) is 20.5. The Morgan fingerprint density at radius 3 is 2.57 bits per heavy atom. The molecule has 2 rings (SSSR count). The van der Waals surface area contributed by atoms with E-state index in [4.69, 9.17) is 27.9 Å². The number of aryl methyl sites for hydroxylation is 1. The molecular weight excluding hydrogens is 395 g/mol. The standard InChI is InChI=1S/C22H30Cl2N2O2/c1-4-5-6-7-8-10-19-16(2)25-26(17(19)3)22(27)11-9-14-28-21-13-12-18(23)15-20(21)24/h12-13,15H,4-11,14H2,1-3H3. The molecule has 1 heterocycles. The Kier molecular flexibility index (Phi) is 9.33. The first-order chi connectivity index (χ1) is 13.4. The summed E-state index contributed by atoms with van der Waals surface area (Å²) in [7, 11) is 0. The van der Waals surface area contributed by atoms with Crippen LogP contribution < -0.4 is 4.74 Å². The van der Waals surface area contributed by atoms with Crippen molar-refractivity contribution in [3.05, 3.63) is 45.2 Å². The molecule has 0 N–H and O–H groups in total. The molecule has 0 aliphatic rings. The molecule has 2 aromatic rings. The van der Waals surface area contributed by atoms with Crippen LogP contribution in [0.25, 0.3) is 0 Å². The van der Waals surface area contributed by atoms with Crippen molar-refractivity contribution in [1.82, 2.24) is 9.78 Å². The van der Waals surface area contributed by atoms with Gasteiger partial charge in [0.15, 0.2) is 0 Å². The largest absolute Gasteiger partial charge is 0.492 e. The molecule has 0 aliphatic heterocycles. The Bertz CT molecular complexity index is 787. The lowest BCUT2D eigenvalue weighted by Gasteiger charge is -2.08. The minimum atomic E-state index is 0.00337. The second kappa shape index (κ2) is 11.5. The van der Waals surface area contributed by atoms with Crippen LogP contribution in [0.2, 0.25) is 10.0 Å². The Balaban J connectivity index is 1.82. The lowest BCUT2D eigenvalue weighted by atomic mass is 10.0. The molecule has 0 saturated heterocycles. The third-order valence-corrected chi connectivity index (χ3v) is 5.42. The van der Waals surface area contributed by atoms with Crippen molar-refractivity contribution in [2.75, 3.05) is 6.61 Å². The molecule has 1 aromatic heterocycles. The zero-order valence-corrected chi connectivity index (χ0v) is 18.6. The van der Waals surface area contributed by atoms with E-state index in [0.717, 1.165) is 24.2 Å². The van der Waals surface area contributed by atoms with Crippen molar-refractivity contribution in [2.45, 2.75) is 72.1 Å². The number of nitrogens with zero attached hydrogens (tertiary/aromatic N) is 2. The molecule has 6 heteroatoms. The van der Waals surface area contributed by atoms with Crippen LogP contribution in [-0.4, -0.2) is 22.3 Å². The summed E-state index contributed by atoms with van der Waals surface area (Å²) in [6.07, 6.45) is 8.17. The highest BCUT2D eigenvalue weighted by atomic mass is 35.5. The highest BCUT2D eigenvalue weighted by Gasteiger charge is 2.16. The SMILES string of the molecule is CCCCCCCc1c(C)nn(C(=O)CCCOc2ccc(Cl)cc2Cl)c1C. The fraction of sp³-hybridized carbons (Fsp3) is 0.545. The van der Waals surface area contributed by atoms with E-state index in [1.165, 1.54) is 31.2 Å². The van der Waals surface area contributed by atoms with Gasteiger partial charge in [0.1, 0.15) is 5.75 Å². The Morgan fingerprint density at radius 2 is 1.86 bits per heavy atom. The van der Waals surface area contributed by atoms with E-state index < -0.39 is 0 Å². The van der Waals surface area contributed by atoms with Crippen LogP contribution in [0.4, 0.5) is 0 Å². The number of unbranched alkanes of at least 4 members (excludes halogenated alkanes) is 4. The van der Waals surface area contributed by atoms with Gasteiger partial charge in [-0.2, -0.15) is 5.10 Å². The molecule has 0 radical (unpaired) electrons. The van der Waals surface area contributed by atoms with Gasteiger partial charge < -0.3 is 4.74 Å². The first-order valence-corrected chi connectivity index (χ1v) is 10.9. The summed E-state index contributed by atoms with van der Waals surface area (Å²) in [5.74, 6) is 0.582. The summed E-state index contributed by atoms with van der Waals surface area (Å²) in [5.41, 5.74) is 3.15. The molecule has 154 valence electrons. The topological polar surface area (TPSA) is 44.1 Å². The van der Waals surface area contributed by atoms with Gasteiger partial charge in [0.25, 0.3) is 0 Å². The summed E-state index contributed by atoms with van der Waals surface area (Å²) < 4.78 is 7.21. The number of carbonyl (C=O) groups is 1. The van der Waals surface area contributed by atoms with Gasteiger partial charge in [0, 0.05) is 17.1 Å². The maximum atomic E-state index is 12.6. The Morgan fingerprint density at radius 1 is 1.11 bits per heavy atom. The molecule has 28 heavy (non-hydrogen) atoms. The van der Waals surface area contributed by atoms with E-state index in [1.54, 1.807) is 22.9 Å². The molecule has 0 fully saturated rings. The molecule has 0 unspecified atom stereocenters. The smallest absolute Gasteiger partial charge is 0.247 e. The third kappa shape index (κ3) is 6.52. The fourth-order valence-corrected chi connectivity index (χ4v) is 3.75. The van der Waals surface area contributed by atoms with E-state index >= 15 is 0 Å². The number of benzene rings is 1. The molecule has 4 nitrogen and oxygen atoms in total. The maximum Gasteiger partial charge on any atom is 0.247 e. The summed E-state index contributed by atoms with van der Waals surface area (Å²) in [6.45, 7) is 6.61. The first kappa shape index (κ1) is 22.8. The zero-order valence-electron chi connectivity index (χ0n) is 17.1. The molecule has 0 saturated carbocycles. The molecule has 0 aliphatic carbocycles. The average molecular weight is 425 g/mol. The van der Waals surface area contributed by atoms with E-state index in [9.17, 15) is 4.79 Å². The Labute approximate surface area is 178 Å². The minimum absolute atomic E-state index is 0.00337. The van der Waals surface area contributed by atoms with E-state index in [2.05, 4.69) is 12.0 Å². The molecule has 0 atom stereocenters. The van der Waals surface area contributed by atoms with Gasteiger partial charge in [-0.3, -0.25) is 4.79 Å². The van der Waals surface area contributed by atoms with E-state index in [1.807, 2.05) is 13.8 Å². The van der Waals surface area contributed by atoms with Crippen molar-refractivity contribution in [3.8, 4) is 5.75 Å². The van der Waals surface area contributed by atoms with Crippen LogP contribution in [0.1, 0.15) is 73.6 Å². The number of hydrogen-bond donors (Lipinski definition) is 0. The quantitative estimate of drug-likeness (QED) is 0.371. The predicted molar refractivity (Wildman–Crippen MR) is 116 cm³/mol. The lowest BCUT2D eigenvalue weighted by molar-refractivity contribution is 0.0874. The van der Waals surface area contributed by atoms with Crippen molar-refractivity contribution in [1.29, 1.82) is 0 Å². The van der Waals surface area contributed by atoms with Gasteiger partial charge in [-0.05, 0) is 56.9 Å². The van der Waals surface area contributed by atoms with Gasteiger partial charge in [0.05, 0.1) is 17.3 Å². The lowest BCUT2D eigenvalue weighted by Crippen LogP contribution is -2.15. The monoisotopic (exact) mass is 424 g/mol. The fourth-order valence-electron chi connectivity index (χ4n) is 3.29. The minimum Gasteiger partial charge on any atom is -0.492 e. The molecule has 1 aromatic carbocycles. The van der Waals surface area contributed by atoms with Crippen LogP contribution >= 0.6 is 23.2 Å². The van der Waals surface area contributed by atoms with Gasteiger partial charge in [-0.15, -0.1) is 0 Å². The van der Waals surface area contributed by atoms with Gasteiger partial charge in [-0.1, -0.05) is 55.8 Å². The van der Waals surface area contributed by atoms with Crippen LogP contribution in [0.15, 0.2) is 18.2 Å². The summed E-state index contributed by atoms with van der Waals surface area (Å²) in [6, 6.07) is 5.11. The van der Waals surface area contributed by atoms with Crippen molar-refractivity contribution >= 4 is 29.1 Å².